The Morgan fingerprint density at radius 2 is 1.93 bits per heavy atom. The number of amides is 1. The second kappa shape index (κ2) is 11.2. The molecule has 2 aliphatic heterocycles. The van der Waals surface area contributed by atoms with Gasteiger partial charge in [0.1, 0.15) is 12.1 Å². The Labute approximate surface area is 254 Å². The Balaban J connectivity index is 1.25. The van der Waals surface area contributed by atoms with E-state index in [2.05, 4.69) is 103 Å². The van der Waals surface area contributed by atoms with Gasteiger partial charge in [-0.2, -0.15) is 5.10 Å². The van der Waals surface area contributed by atoms with Gasteiger partial charge in [0.2, 0.25) is 5.91 Å². The molecule has 4 aromatic heterocycles. The molecule has 0 saturated carbocycles. The normalized spacial score (nSPS) is 21.4. The summed E-state index contributed by atoms with van der Waals surface area (Å²) in [6.07, 6.45) is 4.21. The first-order chi connectivity index (χ1) is 20.5. The average Bonchev–Trinajstić information content (AvgIpc) is 3.59. The SMILES string of the molecule is Cc1c(-c2[nH]c3ccc(N4C[C@@H](C)N(C(=O)CCN5CCOCC5(C)C)C[C@@H]4C)nc3c2C(C)C)cn2ncnc2c1C. The van der Waals surface area contributed by atoms with Gasteiger partial charge in [-0.1, -0.05) is 13.8 Å². The van der Waals surface area contributed by atoms with Gasteiger partial charge < -0.3 is 19.5 Å². The lowest BCUT2D eigenvalue weighted by atomic mass is 9.95. The number of nitrogens with zero attached hydrogens (tertiary/aromatic N) is 7. The summed E-state index contributed by atoms with van der Waals surface area (Å²) in [5.74, 6) is 1.46. The van der Waals surface area contributed by atoms with Crippen LogP contribution in [0.3, 0.4) is 0 Å². The van der Waals surface area contributed by atoms with Crippen molar-refractivity contribution in [3.8, 4) is 11.3 Å². The van der Waals surface area contributed by atoms with Crippen LogP contribution in [0.4, 0.5) is 5.82 Å². The van der Waals surface area contributed by atoms with Crippen molar-refractivity contribution >= 4 is 28.4 Å². The average molecular weight is 587 g/mol. The fourth-order valence-electron chi connectivity index (χ4n) is 6.94. The van der Waals surface area contributed by atoms with E-state index >= 15 is 0 Å². The van der Waals surface area contributed by atoms with E-state index in [1.54, 1.807) is 6.33 Å². The molecule has 1 amide bonds. The molecule has 4 aromatic rings. The largest absolute Gasteiger partial charge is 0.378 e. The molecule has 2 fully saturated rings. The van der Waals surface area contributed by atoms with Crippen LogP contribution in [-0.2, 0) is 9.53 Å². The van der Waals surface area contributed by atoms with Crippen molar-refractivity contribution in [1.82, 2.24) is 34.4 Å². The molecule has 2 atom stereocenters. The van der Waals surface area contributed by atoms with E-state index < -0.39 is 0 Å². The van der Waals surface area contributed by atoms with Crippen LogP contribution in [0.1, 0.15) is 70.6 Å². The van der Waals surface area contributed by atoms with Gasteiger partial charge in [0.15, 0.2) is 5.65 Å². The number of hydrogen-bond acceptors (Lipinski definition) is 7. The third kappa shape index (κ3) is 5.29. The first-order valence-corrected chi connectivity index (χ1v) is 15.7. The molecular weight excluding hydrogens is 540 g/mol. The summed E-state index contributed by atoms with van der Waals surface area (Å²) in [5, 5.41) is 4.42. The number of piperazine rings is 1. The molecule has 230 valence electrons. The van der Waals surface area contributed by atoms with Crippen LogP contribution >= 0.6 is 0 Å². The first kappa shape index (κ1) is 29.6. The highest BCUT2D eigenvalue weighted by atomic mass is 16.5. The topological polar surface area (TPSA) is 94.9 Å². The number of pyridine rings is 2. The zero-order chi connectivity index (χ0) is 30.6. The van der Waals surface area contributed by atoms with Crippen LogP contribution < -0.4 is 4.90 Å². The molecule has 0 spiro atoms. The van der Waals surface area contributed by atoms with Gasteiger partial charge in [-0.25, -0.2) is 14.5 Å². The number of aromatic nitrogens is 5. The molecule has 0 radical (unpaired) electrons. The summed E-state index contributed by atoms with van der Waals surface area (Å²) in [4.78, 5) is 33.7. The molecule has 43 heavy (non-hydrogen) atoms. The van der Waals surface area contributed by atoms with Crippen molar-refractivity contribution < 1.29 is 9.53 Å². The Hall–Kier alpha value is -3.50. The van der Waals surface area contributed by atoms with Gasteiger partial charge in [0, 0.05) is 67.5 Å². The van der Waals surface area contributed by atoms with Crippen molar-refractivity contribution in [2.45, 2.75) is 85.4 Å². The summed E-state index contributed by atoms with van der Waals surface area (Å²) < 4.78 is 7.52. The third-order valence-electron chi connectivity index (χ3n) is 9.65. The minimum Gasteiger partial charge on any atom is -0.378 e. The van der Waals surface area contributed by atoms with Crippen molar-refractivity contribution in [1.29, 1.82) is 0 Å². The van der Waals surface area contributed by atoms with Gasteiger partial charge in [-0.05, 0) is 70.7 Å². The van der Waals surface area contributed by atoms with E-state index in [1.807, 2.05) is 4.52 Å². The Kier molecular flexibility index (Phi) is 7.71. The maximum absolute atomic E-state index is 13.4. The lowest BCUT2D eigenvalue weighted by Crippen LogP contribution is -2.59. The number of fused-ring (bicyclic) bond motifs is 2. The number of hydrogen-bond donors (Lipinski definition) is 1. The van der Waals surface area contributed by atoms with Crippen LogP contribution in [0, 0.1) is 13.8 Å². The molecule has 10 nitrogen and oxygen atoms in total. The number of aromatic amines is 1. The van der Waals surface area contributed by atoms with Crippen molar-refractivity contribution in [2.75, 3.05) is 44.3 Å². The van der Waals surface area contributed by atoms with E-state index in [0.717, 1.165) is 65.6 Å². The third-order valence-corrected chi connectivity index (χ3v) is 9.65. The van der Waals surface area contributed by atoms with Gasteiger partial charge in [0.05, 0.1) is 29.9 Å². The lowest BCUT2D eigenvalue weighted by Gasteiger charge is -2.45. The summed E-state index contributed by atoms with van der Waals surface area (Å²) in [5.41, 5.74) is 8.61. The second-order valence-corrected chi connectivity index (χ2v) is 13.5. The molecule has 6 rings (SSSR count). The standard InChI is InChI=1S/C33H46N8O2/c1-20(2)29-30(25-17-41-32(34-19-35-41)24(6)23(25)5)36-26-9-10-27(37-31(26)29)39-15-22(4)40(16-21(39)3)28(42)11-12-38-13-14-43-18-33(38,7)8/h9-10,17,19-22,36H,11-16,18H2,1-8H3/t21-,22+/m0/s1. The van der Waals surface area contributed by atoms with Crippen molar-refractivity contribution in [3.63, 3.8) is 0 Å². The van der Waals surface area contributed by atoms with E-state index in [0.29, 0.717) is 19.6 Å². The van der Waals surface area contributed by atoms with Crippen molar-refractivity contribution in [2.24, 2.45) is 0 Å². The van der Waals surface area contributed by atoms with E-state index in [9.17, 15) is 4.79 Å². The summed E-state index contributed by atoms with van der Waals surface area (Å²) in [6, 6.07) is 4.53. The number of anilines is 1. The number of rotatable bonds is 6. The van der Waals surface area contributed by atoms with Crippen molar-refractivity contribution in [3.05, 3.63) is 41.3 Å². The van der Waals surface area contributed by atoms with Crippen LogP contribution in [0.25, 0.3) is 27.9 Å². The minimum absolute atomic E-state index is 0.0337. The monoisotopic (exact) mass is 586 g/mol. The van der Waals surface area contributed by atoms with E-state index in [4.69, 9.17) is 9.72 Å². The molecule has 6 heterocycles. The Morgan fingerprint density at radius 1 is 1.14 bits per heavy atom. The maximum atomic E-state index is 13.4. The lowest BCUT2D eigenvalue weighted by molar-refractivity contribution is -0.135. The van der Waals surface area contributed by atoms with Gasteiger partial charge >= 0.3 is 0 Å². The molecule has 2 saturated heterocycles. The predicted molar refractivity (Wildman–Crippen MR) is 171 cm³/mol. The molecular formula is C33H46N8O2. The highest BCUT2D eigenvalue weighted by molar-refractivity contribution is 5.90. The Bertz CT molecular complexity index is 1650. The number of H-pyrrole nitrogens is 1. The maximum Gasteiger partial charge on any atom is 0.224 e. The summed E-state index contributed by atoms with van der Waals surface area (Å²) in [7, 11) is 0. The Morgan fingerprint density at radius 3 is 2.67 bits per heavy atom. The first-order valence-electron chi connectivity index (χ1n) is 15.7. The molecule has 2 aliphatic rings. The number of morpholine rings is 1. The number of nitrogens with one attached hydrogen (secondary N) is 1. The van der Waals surface area contributed by atoms with E-state index in [1.165, 1.54) is 11.1 Å². The number of ether oxygens (including phenoxy) is 1. The predicted octanol–water partition coefficient (Wildman–Crippen LogP) is 4.94. The molecule has 0 aromatic carbocycles. The highest BCUT2D eigenvalue weighted by Crippen LogP contribution is 2.38. The van der Waals surface area contributed by atoms with Crippen LogP contribution in [0.5, 0.6) is 0 Å². The fraction of sp³-hybridized carbons (Fsp3) is 0.576. The number of aryl methyl sites for hydroxylation is 1. The van der Waals surface area contributed by atoms with Gasteiger partial charge in [-0.3, -0.25) is 9.69 Å². The van der Waals surface area contributed by atoms with Gasteiger partial charge in [-0.15, -0.1) is 0 Å². The highest BCUT2D eigenvalue weighted by Gasteiger charge is 2.35. The summed E-state index contributed by atoms with van der Waals surface area (Å²) in [6.45, 7) is 22.0. The molecule has 0 aliphatic carbocycles. The summed E-state index contributed by atoms with van der Waals surface area (Å²) >= 11 is 0. The second-order valence-electron chi connectivity index (χ2n) is 13.5. The van der Waals surface area contributed by atoms with Crippen LogP contribution in [0.15, 0.2) is 24.7 Å². The van der Waals surface area contributed by atoms with Crippen LogP contribution in [0.2, 0.25) is 0 Å². The fourth-order valence-corrected chi connectivity index (χ4v) is 6.94. The molecule has 1 N–H and O–H groups in total. The zero-order valence-electron chi connectivity index (χ0n) is 26.9. The van der Waals surface area contributed by atoms with Crippen LogP contribution in [-0.4, -0.2) is 97.3 Å². The number of carbonyl (C=O) groups is 1. The smallest absolute Gasteiger partial charge is 0.224 e. The molecule has 0 bridgehead atoms. The number of carbonyl (C=O) groups excluding carboxylic acids is 1. The molecule has 10 heteroatoms. The quantitative estimate of drug-likeness (QED) is 0.342. The van der Waals surface area contributed by atoms with Gasteiger partial charge in [0.25, 0.3) is 0 Å². The molecule has 0 unspecified atom stereocenters. The minimum atomic E-state index is -0.0337. The zero-order valence-corrected chi connectivity index (χ0v) is 26.9. The van der Waals surface area contributed by atoms with E-state index in [-0.39, 0.29) is 29.4 Å².